The normalized spacial score (nSPS) is 13.6. The van der Waals surface area contributed by atoms with Gasteiger partial charge in [0.1, 0.15) is 10.0 Å². The lowest BCUT2D eigenvalue weighted by Gasteiger charge is -2.16. The van der Waals surface area contributed by atoms with Gasteiger partial charge in [0, 0.05) is 23.8 Å². The van der Waals surface area contributed by atoms with Crippen LogP contribution in [0.3, 0.4) is 0 Å². The first-order valence-corrected chi connectivity index (χ1v) is 7.88. The molecule has 1 unspecified atom stereocenters. The summed E-state index contributed by atoms with van der Waals surface area (Å²) >= 11 is 8.97. The Balaban J connectivity index is 3.02. The first kappa shape index (κ1) is 15.8. The highest BCUT2D eigenvalue weighted by Crippen LogP contribution is 2.22. The van der Waals surface area contributed by atoms with Crippen LogP contribution in [-0.2, 0) is 14.8 Å². The standard InChI is InChI=1S/C10H14BrClN2O3S/c1-3-8(6-17-2)14-18(15,16)9-4-7(11)5-13-10(9)12/h4-5,8,14H,3,6H2,1-2H3. The van der Waals surface area contributed by atoms with Crippen molar-refractivity contribution in [2.75, 3.05) is 13.7 Å². The topological polar surface area (TPSA) is 68.3 Å². The van der Waals surface area contributed by atoms with Gasteiger partial charge in [-0.15, -0.1) is 0 Å². The molecule has 0 saturated carbocycles. The van der Waals surface area contributed by atoms with Gasteiger partial charge in [0.2, 0.25) is 10.0 Å². The molecule has 0 aromatic carbocycles. The summed E-state index contributed by atoms with van der Waals surface area (Å²) in [6.45, 7) is 2.17. The number of aromatic nitrogens is 1. The Hall–Kier alpha value is -0.210. The molecule has 0 spiro atoms. The Labute approximate surface area is 120 Å². The predicted molar refractivity (Wildman–Crippen MR) is 73.2 cm³/mol. The molecule has 5 nitrogen and oxygen atoms in total. The molecule has 8 heteroatoms. The van der Waals surface area contributed by atoms with Gasteiger partial charge in [0.15, 0.2) is 0 Å². The quantitative estimate of drug-likeness (QED) is 0.793. The Bertz CT molecular complexity index is 510. The van der Waals surface area contributed by atoms with E-state index >= 15 is 0 Å². The Morgan fingerprint density at radius 1 is 1.61 bits per heavy atom. The summed E-state index contributed by atoms with van der Waals surface area (Å²) in [6, 6.07) is 1.12. The van der Waals surface area contributed by atoms with E-state index in [0.717, 1.165) is 0 Å². The number of nitrogens with zero attached hydrogens (tertiary/aromatic N) is 1. The van der Waals surface area contributed by atoms with E-state index in [1.807, 2.05) is 6.92 Å². The van der Waals surface area contributed by atoms with Gasteiger partial charge in [0.25, 0.3) is 0 Å². The number of sulfonamides is 1. The van der Waals surface area contributed by atoms with Crippen LogP contribution in [0, 0.1) is 0 Å². The highest BCUT2D eigenvalue weighted by Gasteiger charge is 2.22. The predicted octanol–water partition coefficient (Wildman–Crippen LogP) is 2.20. The van der Waals surface area contributed by atoms with Crippen molar-refractivity contribution in [3.63, 3.8) is 0 Å². The third-order valence-electron chi connectivity index (χ3n) is 2.25. The molecule has 0 aliphatic rings. The van der Waals surface area contributed by atoms with Crippen molar-refractivity contribution in [3.05, 3.63) is 21.9 Å². The summed E-state index contributed by atoms with van der Waals surface area (Å²) in [7, 11) is -2.18. The number of pyridine rings is 1. The van der Waals surface area contributed by atoms with E-state index in [9.17, 15) is 8.42 Å². The highest BCUT2D eigenvalue weighted by molar-refractivity contribution is 9.10. The molecule has 0 radical (unpaired) electrons. The Kier molecular flexibility index (Phi) is 6.00. The first-order valence-electron chi connectivity index (χ1n) is 5.23. The van der Waals surface area contributed by atoms with E-state index in [4.69, 9.17) is 16.3 Å². The summed E-state index contributed by atoms with van der Waals surface area (Å²) in [5.41, 5.74) is 0. The molecular formula is C10H14BrClN2O3S. The molecule has 102 valence electrons. The number of halogens is 2. The fourth-order valence-electron chi connectivity index (χ4n) is 1.31. The smallest absolute Gasteiger partial charge is 0.244 e. The molecule has 1 heterocycles. The molecule has 0 aliphatic carbocycles. The number of ether oxygens (including phenoxy) is 1. The maximum atomic E-state index is 12.1. The minimum atomic E-state index is -3.70. The SMILES string of the molecule is CCC(COC)NS(=O)(=O)c1cc(Br)cnc1Cl. The molecule has 1 N–H and O–H groups in total. The van der Waals surface area contributed by atoms with Gasteiger partial charge < -0.3 is 4.74 Å². The fourth-order valence-corrected chi connectivity index (χ4v) is 3.56. The van der Waals surface area contributed by atoms with Gasteiger partial charge in [-0.25, -0.2) is 18.1 Å². The third-order valence-corrected chi connectivity index (χ3v) is 4.63. The van der Waals surface area contributed by atoms with Crippen LogP contribution in [0.1, 0.15) is 13.3 Å². The van der Waals surface area contributed by atoms with E-state index in [1.54, 1.807) is 0 Å². The Morgan fingerprint density at radius 3 is 2.83 bits per heavy atom. The second-order valence-electron chi connectivity index (χ2n) is 3.62. The number of nitrogens with one attached hydrogen (secondary N) is 1. The summed E-state index contributed by atoms with van der Waals surface area (Å²) in [6.07, 6.45) is 2.06. The molecule has 1 aromatic rings. The van der Waals surface area contributed by atoms with E-state index in [0.29, 0.717) is 17.5 Å². The van der Waals surface area contributed by atoms with Crippen molar-refractivity contribution in [2.45, 2.75) is 24.3 Å². The van der Waals surface area contributed by atoms with Gasteiger partial charge in [-0.1, -0.05) is 18.5 Å². The van der Waals surface area contributed by atoms with Gasteiger partial charge in [-0.2, -0.15) is 0 Å². The largest absolute Gasteiger partial charge is 0.383 e. The molecule has 0 amide bonds. The van der Waals surface area contributed by atoms with Crippen LogP contribution >= 0.6 is 27.5 Å². The molecule has 1 atom stereocenters. The molecule has 0 saturated heterocycles. The highest BCUT2D eigenvalue weighted by atomic mass is 79.9. The molecule has 18 heavy (non-hydrogen) atoms. The van der Waals surface area contributed by atoms with Crippen molar-refractivity contribution < 1.29 is 13.2 Å². The lowest BCUT2D eigenvalue weighted by molar-refractivity contribution is 0.173. The molecular weight excluding hydrogens is 344 g/mol. The Morgan fingerprint density at radius 2 is 2.28 bits per heavy atom. The first-order chi connectivity index (χ1) is 8.40. The molecule has 1 rings (SSSR count). The van der Waals surface area contributed by atoms with E-state index in [-0.39, 0.29) is 16.1 Å². The van der Waals surface area contributed by atoms with Crippen molar-refractivity contribution in [3.8, 4) is 0 Å². The van der Waals surface area contributed by atoms with Gasteiger partial charge in [-0.05, 0) is 28.4 Å². The van der Waals surface area contributed by atoms with Gasteiger partial charge in [-0.3, -0.25) is 0 Å². The number of rotatable bonds is 6. The molecule has 1 aromatic heterocycles. The van der Waals surface area contributed by atoms with Crippen LogP contribution in [0.15, 0.2) is 21.6 Å². The monoisotopic (exact) mass is 356 g/mol. The maximum absolute atomic E-state index is 12.1. The van der Waals surface area contributed by atoms with Crippen molar-refractivity contribution in [1.29, 1.82) is 0 Å². The van der Waals surface area contributed by atoms with Crippen molar-refractivity contribution in [2.24, 2.45) is 0 Å². The average Bonchev–Trinajstić information content (AvgIpc) is 2.31. The lowest BCUT2D eigenvalue weighted by Crippen LogP contribution is -2.37. The summed E-state index contributed by atoms with van der Waals surface area (Å²) in [5, 5.41) is -0.0574. The van der Waals surface area contributed by atoms with Crippen LogP contribution in [-0.4, -0.2) is 33.2 Å². The zero-order valence-corrected chi connectivity index (χ0v) is 13.1. The second kappa shape index (κ2) is 6.81. The van der Waals surface area contributed by atoms with Crippen molar-refractivity contribution in [1.82, 2.24) is 9.71 Å². The van der Waals surface area contributed by atoms with Crippen LogP contribution in [0.25, 0.3) is 0 Å². The zero-order chi connectivity index (χ0) is 13.8. The van der Waals surface area contributed by atoms with Crippen LogP contribution < -0.4 is 4.72 Å². The van der Waals surface area contributed by atoms with Gasteiger partial charge >= 0.3 is 0 Å². The van der Waals surface area contributed by atoms with Crippen LogP contribution in [0.4, 0.5) is 0 Å². The minimum Gasteiger partial charge on any atom is -0.383 e. The number of hydrogen-bond donors (Lipinski definition) is 1. The van der Waals surface area contributed by atoms with Crippen LogP contribution in [0.5, 0.6) is 0 Å². The fraction of sp³-hybridized carbons (Fsp3) is 0.500. The summed E-state index contributed by atoms with van der Waals surface area (Å²) in [4.78, 5) is 3.74. The molecule has 0 fully saturated rings. The van der Waals surface area contributed by atoms with E-state index < -0.39 is 10.0 Å². The van der Waals surface area contributed by atoms with Crippen LogP contribution in [0.2, 0.25) is 5.15 Å². The van der Waals surface area contributed by atoms with Gasteiger partial charge in [0.05, 0.1) is 6.61 Å². The minimum absolute atomic E-state index is 0.0481. The summed E-state index contributed by atoms with van der Waals surface area (Å²) < 4.78 is 32.3. The second-order valence-corrected chi connectivity index (χ2v) is 6.58. The van der Waals surface area contributed by atoms with Crippen molar-refractivity contribution >= 4 is 37.6 Å². The number of methoxy groups -OCH3 is 1. The third kappa shape index (κ3) is 4.17. The summed E-state index contributed by atoms with van der Waals surface area (Å²) in [5.74, 6) is 0. The molecule has 0 aliphatic heterocycles. The van der Waals surface area contributed by atoms with E-state index in [2.05, 4.69) is 25.6 Å². The zero-order valence-electron chi connectivity index (χ0n) is 9.98. The average molecular weight is 358 g/mol. The lowest BCUT2D eigenvalue weighted by atomic mass is 10.3. The maximum Gasteiger partial charge on any atom is 0.244 e. The van der Waals surface area contributed by atoms with E-state index in [1.165, 1.54) is 19.4 Å². The molecule has 0 bridgehead atoms. The number of hydrogen-bond acceptors (Lipinski definition) is 4.